The van der Waals surface area contributed by atoms with Gasteiger partial charge in [-0.1, -0.05) is 11.6 Å². The van der Waals surface area contributed by atoms with Crippen molar-refractivity contribution in [1.29, 1.82) is 0 Å². The van der Waals surface area contributed by atoms with E-state index in [1.807, 2.05) is 10.9 Å². The van der Waals surface area contributed by atoms with Crippen molar-refractivity contribution in [3.63, 3.8) is 0 Å². The molecule has 0 saturated carbocycles. The van der Waals surface area contributed by atoms with E-state index in [-0.39, 0.29) is 19.8 Å². The van der Waals surface area contributed by atoms with Gasteiger partial charge in [-0.15, -0.1) is 0 Å². The minimum absolute atomic E-state index is 0.0557. The van der Waals surface area contributed by atoms with Gasteiger partial charge in [-0.2, -0.15) is 0 Å². The van der Waals surface area contributed by atoms with Crippen molar-refractivity contribution in [3.05, 3.63) is 29.3 Å². The van der Waals surface area contributed by atoms with Crippen molar-refractivity contribution in [3.8, 4) is 5.75 Å². The van der Waals surface area contributed by atoms with Crippen LogP contribution in [0.4, 0.5) is 0 Å². The molecule has 1 aromatic carbocycles. The van der Waals surface area contributed by atoms with Crippen LogP contribution in [0.25, 0.3) is 0 Å². The van der Waals surface area contributed by atoms with Crippen LogP contribution < -0.4 is 20.9 Å². The van der Waals surface area contributed by atoms with Crippen molar-refractivity contribution in [1.82, 2.24) is 16.2 Å². The predicted molar refractivity (Wildman–Crippen MR) is 73.3 cm³/mol. The summed E-state index contributed by atoms with van der Waals surface area (Å²) in [5, 5.41) is 11.1. The minimum atomic E-state index is -1.05. The maximum atomic E-state index is 11.4. The molecule has 114 valence electrons. The van der Waals surface area contributed by atoms with Gasteiger partial charge < -0.3 is 15.2 Å². The summed E-state index contributed by atoms with van der Waals surface area (Å²) >= 11 is 5.69. The minimum Gasteiger partial charge on any atom is -0.484 e. The lowest BCUT2D eigenvalue weighted by Crippen LogP contribution is -2.50. The van der Waals surface area contributed by atoms with Crippen LogP contribution >= 0.6 is 11.6 Å². The molecule has 0 radical (unpaired) electrons. The van der Waals surface area contributed by atoms with Crippen molar-refractivity contribution in [2.24, 2.45) is 0 Å². The number of benzene rings is 1. The first-order valence-corrected chi connectivity index (χ1v) is 6.27. The smallest absolute Gasteiger partial charge is 0.327 e. The van der Waals surface area contributed by atoms with Crippen molar-refractivity contribution in [2.45, 2.75) is 0 Å². The Bertz CT molecular complexity index is 506. The molecule has 0 heterocycles. The second kappa shape index (κ2) is 8.77. The zero-order chi connectivity index (χ0) is 15.7. The topological polar surface area (TPSA) is 117 Å². The summed E-state index contributed by atoms with van der Waals surface area (Å²) in [6.45, 7) is -0.694. The normalized spacial score (nSPS) is 9.62. The Kier molecular flexibility index (Phi) is 6.99. The van der Waals surface area contributed by atoms with Crippen molar-refractivity contribution in [2.75, 3.05) is 19.8 Å². The van der Waals surface area contributed by atoms with Crippen molar-refractivity contribution < 1.29 is 24.2 Å². The van der Waals surface area contributed by atoms with Crippen LogP contribution in [0.3, 0.4) is 0 Å². The summed E-state index contributed by atoms with van der Waals surface area (Å²) in [5.41, 5.74) is 3.91. The van der Waals surface area contributed by atoms with Gasteiger partial charge in [-0.3, -0.25) is 25.2 Å². The molecule has 0 aromatic heterocycles. The standard InChI is InChI=1S/C12H14ClN3O5/c13-8-1-3-9(4-2-8)21-7-10(18)15-16-12(20)11(19)14-5-6-17/h1-4,17H,5-7H2,(H,14,19)(H,15,18)(H,16,20). The third kappa shape index (κ3) is 6.59. The number of rotatable bonds is 5. The predicted octanol–water partition coefficient (Wildman–Crippen LogP) is -1.03. The number of amides is 3. The van der Waals surface area contributed by atoms with E-state index in [1.54, 1.807) is 24.3 Å². The fourth-order valence-corrected chi connectivity index (χ4v) is 1.27. The van der Waals surface area contributed by atoms with Crippen LogP contribution in [0.5, 0.6) is 5.75 Å². The quantitative estimate of drug-likeness (QED) is 0.410. The van der Waals surface area contributed by atoms with E-state index in [0.717, 1.165) is 0 Å². The Morgan fingerprint density at radius 2 is 1.76 bits per heavy atom. The van der Waals surface area contributed by atoms with Crippen LogP contribution in [0, 0.1) is 0 Å². The van der Waals surface area contributed by atoms with Crippen molar-refractivity contribution >= 4 is 29.3 Å². The highest BCUT2D eigenvalue weighted by molar-refractivity contribution is 6.35. The first-order valence-electron chi connectivity index (χ1n) is 5.89. The molecule has 9 heteroatoms. The number of hydrogen-bond donors (Lipinski definition) is 4. The molecule has 0 aliphatic rings. The van der Waals surface area contributed by atoms with Gasteiger partial charge >= 0.3 is 11.8 Å². The van der Waals surface area contributed by atoms with Gasteiger partial charge in [0.25, 0.3) is 5.91 Å². The van der Waals surface area contributed by atoms with E-state index in [9.17, 15) is 14.4 Å². The van der Waals surface area contributed by atoms with Gasteiger partial charge in [0.15, 0.2) is 6.61 Å². The lowest BCUT2D eigenvalue weighted by molar-refractivity contribution is -0.141. The maximum absolute atomic E-state index is 11.4. The van der Waals surface area contributed by atoms with Gasteiger partial charge in [0.2, 0.25) is 0 Å². The third-order valence-electron chi connectivity index (χ3n) is 2.10. The fraction of sp³-hybridized carbons (Fsp3) is 0.250. The van der Waals surface area contributed by atoms with E-state index in [4.69, 9.17) is 21.4 Å². The fourth-order valence-electron chi connectivity index (χ4n) is 1.15. The van der Waals surface area contributed by atoms with E-state index in [2.05, 4.69) is 5.32 Å². The lowest BCUT2D eigenvalue weighted by atomic mass is 10.3. The zero-order valence-electron chi connectivity index (χ0n) is 10.9. The van der Waals surface area contributed by atoms with Gasteiger partial charge in [0.1, 0.15) is 5.75 Å². The molecule has 0 unspecified atom stereocenters. The highest BCUT2D eigenvalue weighted by Crippen LogP contribution is 2.15. The molecule has 0 saturated heterocycles. The first-order chi connectivity index (χ1) is 10.0. The second-order valence-electron chi connectivity index (χ2n) is 3.72. The Morgan fingerprint density at radius 3 is 2.38 bits per heavy atom. The number of ether oxygens (including phenoxy) is 1. The molecular formula is C12H14ClN3O5. The Morgan fingerprint density at radius 1 is 1.10 bits per heavy atom. The zero-order valence-corrected chi connectivity index (χ0v) is 11.6. The van der Waals surface area contributed by atoms with Gasteiger partial charge in [0.05, 0.1) is 6.61 Å². The highest BCUT2D eigenvalue weighted by Gasteiger charge is 2.13. The average Bonchev–Trinajstić information content (AvgIpc) is 2.49. The maximum Gasteiger partial charge on any atom is 0.327 e. The van der Waals surface area contributed by atoms with Gasteiger partial charge in [0, 0.05) is 11.6 Å². The van der Waals surface area contributed by atoms with E-state index in [1.165, 1.54) is 0 Å². The van der Waals surface area contributed by atoms with Crippen LogP contribution in [-0.2, 0) is 14.4 Å². The molecule has 0 bridgehead atoms. The number of halogens is 1. The number of carbonyl (C=O) groups is 3. The van der Waals surface area contributed by atoms with Crippen LogP contribution in [0.2, 0.25) is 5.02 Å². The molecule has 0 spiro atoms. The number of aliphatic hydroxyl groups excluding tert-OH is 1. The summed E-state index contributed by atoms with van der Waals surface area (Å²) in [6, 6.07) is 6.36. The molecule has 3 amide bonds. The van der Waals surface area contributed by atoms with E-state index < -0.39 is 17.7 Å². The Hall–Kier alpha value is -2.32. The number of aliphatic hydroxyl groups is 1. The highest BCUT2D eigenvalue weighted by atomic mass is 35.5. The third-order valence-corrected chi connectivity index (χ3v) is 2.35. The summed E-state index contributed by atoms with van der Waals surface area (Å²) in [6.07, 6.45) is 0. The molecule has 1 rings (SSSR count). The summed E-state index contributed by atoms with van der Waals surface area (Å²) < 4.78 is 5.12. The lowest BCUT2D eigenvalue weighted by Gasteiger charge is -2.08. The number of nitrogens with one attached hydrogen (secondary N) is 3. The number of hydrazine groups is 1. The molecule has 0 fully saturated rings. The van der Waals surface area contributed by atoms with E-state index in [0.29, 0.717) is 10.8 Å². The SMILES string of the molecule is O=C(COc1ccc(Cl)cc1)NNC(=O)C(=O)NCCO. The first kappa shape index (κ1) is 16.7. The van der Waals surface area contributed by atoms with Gasteiger partial charge in [-0.25, -0.2) is 0 Å². The second-order valence-corrected chi connectivity index (χ2v) is 4.16. The molecular weight excluding hydrogens is 302 g/mol. The van der Waals surface area contributed by atoms with Crippen LogP contribution in [-0.4, -0.2) is 42.6 Å². The average molecular weight is 316 g/mol. The molecule has 4 N–H and O–H groups in total. The molecule has 21 heavy (non-hydrogen) atoms. The van der Waals surface area contributed by atoms with E-state index >= 15 is 0 Å². The van der Waals surface area contributed by atoms with Crippen LogP contribution in [0.15, 0.2) is 24.3 Å². The number of carbonyl (C=O) groups excluding carboxylic acids is 3. The molecule has 0 aliphatic heterocycles. The van der Waals surface area contributed by atoms with Crippen LogP contribution in [0.1, 0.15) is 0 Å². The molecule has 1 aromatic rings. The molecule has 8 nitrogen and oxygen atoms in total. The monoisotopic (exact) mass is 315 g/mol. The van der Waals surface area contributed by atoms with Gasteiger partial charge in [-0.05, 0) is 24.3 Å². The molecule has 0 aliphatic carbocycles. The largest absolute Gasteiger partial charge is 0.484 e. The Labute approximate surface area is 125 Å². The number of hydrogen-bond acceptors (Lipinski definition) is 5. The summed E-state index contributed by atoms with van der Waals surface area (Å²) in [4.78, 5) is 33.7. The summed E-state index contributed by atoms with van der Waals surface area (Å²) in [7, 11) is 0. The Balaban J connectivity index is 2.26. The molecule has 0 atom stereocenters. The summed E-state index contributed by atoms with van der Waals surface area (Å²) in [5.74, 6) is -2.24.